The summed E-state index contributed by atoms with van der Waals surface area (Å²) in [6, 6.07) is 19.2. The third-order valence-corrected chi connectivity index (χ3v) is 5.04. The van der Waals surface area contributed by atoms with Crippen molar-refractivity contribution in [3.63, 3.8) is 0 Å². The second-order valence-corrected chi connectivity index (χ2v) is 8.18. The van der Waals surface area contributed by atoms with Crippen LogP contribution in [0.25, 0.3) is 11.4 Å². The molecule has 4 aromatic rings. The highest BCUT2D eigenvalue weighted by Gasteiger charge is 2.32. The zero-order valence-corrected chi connectivity index (χ0v) is 18.6. The topological polar surface area (TPSA) is 115 Å². The van der Waals surface area contributed by atoms with E-state index in [1.165, 1.54) is 12.3 Å². The maximum absolute atomic E-state index is 12.9. The molecule has 9 nitrogen and oxygen atoms in total. The summed E-state index contributed by atoms with van der Waals surface area (Å²) < 4.78 is 6.60. The summed E-state index contributed by atoms with van der Waals surface area (Å²) in [5.41, 5.74) is 1.81. The fourth-order valence-corrected chi connectivity index (χ4v) is 3.17. The summed E-state index contributed by atoms with van der Waals surface area (Å²) in [6.07, 6.45) is 1.36. The lowest BCUT2D eigenvalue weighted by Gasteiger charge is -2.23. The fraction of sp³-hybridized carbons (Fsp3) is 0.208. The molecule has 0 bridgehead atoms. The van der Waals surface area contributed by atoms with E-state index in [-0.39, 0.29) is 11.7 Å². The molecule has 0 saturated heterocycles. The molecule has 2 aromatic heterocycles. The Morgan fingerprint density at radius 3 is 2.42 bits per heavy atom. The van der Waals surface area contributed by atoms with Crippen molar-refractivity contribution in [2.24, 2.45) is 0 Å². The van der Waals surface area contributed by atoms with Crippen LogP contribution in [-0.4, -0.2) is 37.3 Å². The van der Waals surface area contributed by atoms with E-state index in [0.717, 1.165) is 16.7 Å². The van der Waals surface area contributed by atoms with Crippen molar-refractivity contribution in [1.29, 1.82) is 0 Å². The van der Waals surface area contributed by atoms with Crippen LogP contribution in [0, 0.1) is 6.92 Å². The molecule has 0 aliphatic carbocycles. The maximum Gasteiger partial charge on any atom is 0.290 e. The van der Waals surface area contributed by atoms with Crippen LogP contribution in [-0.2, 0) is 11.3 Å². The molecule has 168 valence electrons. The van der Waals surface area contributed by atoms with Gasteiger partial charge in [-0.15, -0.1) is 5.10 Å². The lowest BCUT2D eigenvalue weighted by Crippen LogP contribution is -2.52. The van der Waals surface area contributed by atoms with E-state index in [0.29, 0.717) is 12.4 Å². The Kier molecular flexibility index (Phi) is 6.03. The van der Waals surface area contributed by atoms with Crippen LogP contribution in [0.3, 0.4) is 0 Å². The second kappa shape index (κ2) is 9.07. The van der Waals surface area contributed by atoms with E-state index in [9.17, 15) is 9.59 Å². The first kappa shape index (κ1) is 21.9. The number of nitrogens with zero attached hydrogens (tertiary/aromatic N) is 4. The van der Waals surface area contributed by atoms with Crippen molar-refractivity contribution >= 4 is 17.8 Å². The first-order valence-electron chi connectivity index (χ1n) is 10.4. The van der Waals surface area contributed by atoms with Crippen LogP contribution in [0.4, 0.5) is 5.95 Å². The van der Waals surface area contributed by atoms with Gasteiger partial charge < -0.3 is 9.84 Å². The third kappa shape index (κ3) is 5.15. The molecule has 0 aliphatic heterocycles. The van der Waals surface area contributed by atoms with Gasteiger partial charge in [0.2, 0.25) is 11.7 Å². The number of carbonyl (C=O) groups excluding carboxylic acids is 2. The number of hydrogen-bond acceptors (Lipinski definition) is 6. The number of anilines is 1. The first-order valence-corrected chi connectivity index (χ1v) is 10.4. The third-order valence-electron chi connectivity index (χ3n) is 5.04. The number of nitrogens with one attached hydrogen (secondary N) is 2. The molecular formula is C24H24N6O3. The van der Waals surface area contributed by atoms with Crippen molar-refractivity contribution in [1.82, 2.24) is 25.2 Å². The van der Waals surface area contributed by atoms with Crippen LogP contribution in [0.15, 0.2) is 71.4 Å². The second-order valence-electron chi connectivity index (χ2n) is 8.18. The molecule has 9 heteroatoms. The number of rotatable bonds is 7. The minimum Gasteiger partial charge on any atom is -0.351 e. The molecule has 2 N–H and O–H groups in total. The molecule has 2 amide bonds. The van der Waals surface area contributed by atoms with Gasteiger partial charge in [0.25, 0.3) is 11.8 Å². The summed E-state index contributed by atoms with van der Waals surface area (Å²) in [5, 5.41) is 13.4. The Balaban J connectivity index is 1.58. The van der Waals surface area contributed by atoms with E-state index >= 15 is 0 Å². The zero-order valence-electron chi connectivity index (χ0n) is 18.6. The van der Waals surface area contributed by atoms with Gasteiger partial charge in [-0.2, -0.15) is 4.98 Å². The number of aromatic nitrogens is 4. The Labute approximate surface area is 190 Å². The number of hydrogen-bond donors (Lipinski definition) is 2. The molecule has 0 atom stereocenters. The molecule has 0 radical (unpaired) electrons. The zero-order chi connectivity index (χ0) is 23.4. The number of amides is 2. The molecule has 33 heavy (non-hydrogen) atoms. The number of carbonyl (C=O) groups is 2. The smallest absolute Gasteiger partial charge is 0.290 e. The SMILES string of the molecule is Cc1ccc(-c2nc(NC(=O)C(C)(C)NC(=O)c3ccno3)nn2Cc2ccccc2)cc1. The molecule has 2 aromatic carbocycles. The molecule has 0 spiro atoms. The Hall–Kier alpha value is -4.27. The largest absolute Gasteiger partial charge is 0.351 e. The number of benzene rings is 2. The van der Waals surface area contributed by atoms with Crippen LogP contribution >= 0.6 is 0 Å². The summed E-state index contributed by atoms with van der Waals surface area (Å²) in [6.45, 7) is 5.66. The minimum atomic E-state index is -1.25. The maximum atomic E-state index is 12.9. The van der Waals surface area contributed by atoms with Gasteiger partial charge in [-0.1, -0.05) is 65.3 Å². The standard InChI is InChI=1S/C24H24N6O3/c1-16-9-11-18(12-10-16)20-26-23(29-30(20)15-17-7-5-4-6-8-17)27-22(32)24(2,3)28-21(31)19-13-14-25-33-19/h4-14H,15H2,1-3H3,(H,28,31)(H,27,29,32). The molecule has 0 saturated carbocycles. The highest BCUT2D eigenvalue weighted by Crippen LogP contribution is 2.21. The van der Waals surface area contributed by atoms with Gasteiger partial charge in [0.05, 0.1) is 12.7 Å². The molecule has 0 fully saturated rings. The fourth-order valence-electron chi connectivity index (χ4n) is 3.17. The lowest BCUT2D eigenvalue weighted by atomic mass is 10.0. The summed E-state index contributed by atoms with van der Waals surface area (Å²) in [5.74, 6) is -0.229. The summed E-state index contributed by atoms with van der Waals surface area (Å²) >= 11 is 0. The van der Waals surface area contributed by atoms with Gasteiger partial charge in [-0.05, 0) is 26.3 Å². The van der Waals surface area contributed by atoms with Crippen LogP contribution in [0.1, 0.15) is 35.5 Å². The summed E-state index contributed by atoms with van der Waals surface area (Å²) in [4.78, 5) is 29.8. The van der Waals surface area contributed by atoms with E-state index in [4.69, 9.17) is 4.52 Å². The van der Waals surface area contributed by atoms with Crippen molar-refractivity contribution < 1.29 is 14.1 Å². The van der Waals surface area contributed by atoms with Gasteiger partial charge in [-0.3, -0.25) is 14.9 Å². The molecule has 4 rings (SSSR count). The Morgan fingerprint density at radius 1 is 1.03 bits per heavy atom. The highest BCUT2D eigenvalue weighted by molar-refractivity contribution is 6.01. The monoisotopic (exact) mass is 444 g/mol. The Morgan fingerprint density at radius 2 is 1.76 bits per heavy atom. The molecule has 2 heterocycles. The quantitative estimate of drug-likeness (QED) is 0.451. The van der Waals surface area contributed by atoms with E-state index < -0.39 is 17.4 Å². The van der Waals surface area contributed by atoms with Crippen molar-refractivity contribution in [2.75, 3.05) is 5.32 Å². The Bertz CT molecular complexity index is 1250. The van der Waals surface area contributed by atoms with Crippen molar-refractivity contribution in [3.05, 3.63) is 83.7 Å². The predicted molar refractivity (Wildman–Crippen MR) is 122 cm³/mol. The van der Waals surface area contributed by atoms with Gasteiger partial charge >= 0.3 is 0 Å². The van der Waals surface area contributed by atoms with Gasteiger partial charge in [0, 0.05) is 11.6 Å². The average molecular weight is 444 g/mol. The molecule has 0 aliphatic rings. The lowest BCUT2D eigenvalue weighted by molar-refractivity contribution is -0.121. The average Bonchev–Trinajstić information content (AvgIpc) is 3.45. The molecule has 0 unspecified atom stereocenters. The van der Waals surface area contributed by atoms with Crippen LogP contribution in [0.5, 0.6) is 0 Å². The predicted octanol–water partition coefficient (Wildman–Crippen LogP) is 3.44. The molecular weight excluding hydrogens is 420 g/mol. The van der Waals surface area contributed by atoms with Crippen LogP contribution < -0.4 is 10.6 Å². The number of aryl methyl sites for hydroxylation is 1. The van der Waals surface area contributed by atoms with E-state index in [1.807, 2.05) is 61.5 Å². The minimum absolute atomic E-state index is 0.0165. The van der Waals surface area contributed by atoms with Gasteiger partial charge in [0.1, 0.15) is 5.54 Å². The van der Waals surface area contributed by atoms with Gasteiger partial charge in [-0.25, -0.2) is 4.68 Å². The highest BCUT2D eigenvalue weighted by atomic mass is 16.5. The van der Waals surface area contributed by atoms with E-state index in [1.54, 1.807) is 18.5 Å². The van der Waals surface area contributed by atoms with Gasteiger partial charge in [0.15, 0.2) is 5.82 Å². The van der Waals surface area contributed by atoms with Crippen LogP contribution in [0.2, 0.25) is 0 Å². The first-order chi connectivity index (χ1) is 15.8. The summed E-state index contributed by atoms with van der Waals surface area (Å²) in [7, 11) is 0. The normalized spacial score (nSPS) is 11.2. The van der Waals surface area contributed by atoms with Crippen molar-refractivity contribution in [3.8, 4) is 11.4 Å². The van der Waals surface area contributed by atoms with Crippen molar-refractivity contribution in [2.45, 2.75) is 32.9 Å². The van der Waals surface area contributed by atoms with E-state index in [2.05, 4.69) is 25.9 Å².